The molecule has 7 heteroatoms. The SMILES string of the molecule is CCC(=O)CCCCC[C@H](NC(=O)Cc1c(C)[nH]c2ccc(OC)cc12)C1=[N+]C=C(c2cccc(-c3ccccc3)c2)N1. The minimum Gasteiger partial charge on any atom is -0.497 e. The molecule has 1 atom stereocenters. The number of carbonyl (C=O) groups is 2. The summed E-state index contributed by atoms with van der Waals surface area (Å²) < 4.78 is 5.42. The monoisotopic (exact) mass is 576 g/mol. The van der Waals surface area contributed by atoms with Crippen LogP contribution >= 0.6 is 0 Å². The summed E-state index contributed by atoms with van der Waals surface area (Å²) in [6.07, 6.45) is 6.67. The van der Waals surface area contributed by atoms with Crippen molar-refractivity contribution in [1.29, 1.82) is 0 Å². The summed E-state index contributed by atoms with van der Waals surface area (Å²) in [4.78, 5) is 33.4. The lowest BCUT2D eigenvalue weighted by atomic mass is 10.0. The molecule has 4 aromatic rings. The Labute approximate surface area is 253 Å². The minimum absolute atomic E-state index is 0.0676. The lowest BCUT2D eigenvalue weighted by Gasteiger charge is -2.16. The molecular formula is C36H40N4O3+. The molecule has 5 rings (SSSR count). The molecule has 0 fully saturated rings. The van der Waals surface area contributed by atoms with Gasteiger partial charge in [0, 0.05) is 35.0 Å². The highest BCUT2D eigenvalue weighted by Gasteiger charge is 2.31. The summed E-state index contributed by atoms with van der Waals surface area (Å²) in [5, 5.41) is 7.74. The Morgan fingerprint density at radius 2 is 1.72 bits per heavy atom. The van der Waals surface area contributed by atoms with Crippen molar-refractivity contribution < 1.29 is 14.3 Å². The molecule has 1 aliphatic rings. The molecule has 3 N–H and O–H groups in total. The Bertz CT molecular complexity index is 1650. The van der Waals surface area contributed by atoms with Crippen LogP contribution in [0.4, 0.5) is 0 Å². The number of fused-ring (bicyclic) bond motifs is 1. The van der Waals surface area contributed by atoms with Gasteiger partial charge in [0.15, 0.2) is 11.9 Å². The Balaban J connectivity index is 1.29. The number of aryl methyl sites for hydroxylation is 1. The van der Waals surface area contributed by atoms with Gasteiger partial charge in [0.1, 0.15) is 17.6 Å². The number of aromatic amines is 1. The van der Waals surface area contributed by atoms with Crippen molar-refractivity contribution in [3.05, 3.63) is 95.8 Å². The third kappa shape index (κ3) is 7.41. The molecule has 0 spiro atoms. The molecule has 1 aliphatic heterocycles. The largest absolute Gasteiger partial charge is 0.497 e. The number of nitrogens with one attached hydrogen (secondary N) is 3. The second-order valence-corrected chi connectivity index (χ2v) is 11.1. The summed E-state index contributed by atoms with van der Waals surface area (Å²) in [5.41, 5.74) is 7.13. The number of hydrogen-bond acceptors (Lipinski definition) is 5. The Morgan fingerprint density at radius 1 is 0.930 bits per heavy atom. The van der Waals surface area contributed by atoms with Crippen molar-refractivity contribution in [2.45, 2.75) is 64.8 Å². The minimum atomic E-state index is -0.277. The summed E-state index contributed by atoms with van der Waals surface area (Å²) in [5.74, 6) is 1.72. The first kappa shape index (κ1) is 29.8. The van der Waals surface area contributed by atoms with Crippen LogP contribution < -0.4 is 20.4 Å². The average Bonchev–Trinajstić information content (AvgIpc) is 3.65. The van der Waals surface area contributed by atoms with Crippen LogP contribution in [0, 0.1) is 6.92 Å². The number of unbranched alkanes of at least 4 members (excludes halogenated alkanes) is 2. The predicted octanol–water partition coefficient (Wildman–Crippen LogP) is 6.44. The number of ketones is 1. The quantitative estimate of drug-likeness (QED) is 0.150. The molecular weight excluding hydrogens is 536 g/mol. The lowest BCUT2D eigenvalue weighted by molar-refractivity contribution is -0.121. The van der Waals surface area contributed by atoms with Gasteiger partial charge in [-0.1, -0.05) is 68.3 Å². The molecule has 0 saturated heterocycles. The zero-order valence-electron chi connectivity index (χ0n) is 25.2. The highest BCUT2D eigenvalue weighted by Crippen LogP contribution is 2.27. The fraction of sp³-hybridized carbons (Fsp3) is 0.306. The van der Waals surface area contributed by atoms with Crippen molar-refractivity contribution in [2.24, 2.45) is 0 Å². The van der Waals surface area contributed by atoms with E-state index in [9.17, 15) is 9.59 Å². The number of benzene rings is 3. The maximum Gasteiger partial charge on any atom is 0.319 e. The Hall–Kier alpha value is -4.65. The van der Waals surface area contributed by atoms with Crippen molar-refractivity contribution in [2.75, 3.05) is 7.11 Å². The number of aliphatic imine (C=N–C) groups is 1. The van der Waals surface area contributed by atoms with Gasteiger partial charge in [0.05, 0.1) is 13.5 Å². The summed E-state index contributed by atoms with van der Waals surface area (Å²) in [6.45, 7) is 3.90. The number of Topliss-reactive ketones (excluding diaryl/α,β-unsaturated/α-hetero) is 1. The van der Waals surface area contributed by atoms with E-state index in [1.54, 1.807) is 7.11 Å². The molecule has 43 heavy (non-hydrogen) atoms. The molecule has 221 valence electrons. The van der Waals surface area contributed by atoms with Crippen LogP contribution in [0.25, 0.3) is 27.7 Å². The molecule has 1 amide bonds. The fourth-order valence-electron chi connectivity index (χ4n) is 5.58. The van der Waals surface area contributed by atoms with Gasteiger partial charge in [0.25, 0.3) is 0 Å². The third-order valence-corrected chi connectivity index (χ3v) is 8.05. The maximum atomic E-state index is 13.5. The molecule has 3 aromatic carbocycles. The van der Waals surface area contributed by atoms with E-state index in [2.05, 4.69) is 45.9 Å². The van der Waals surface area contributed by atoms with E-state index in [1.807, 2.05) is 62.5 Å². The molecule has 7 nitrogen and oxygen atoms in total. The van der Waals surface area contributed by atoms with Crippen molar-refractivity contribution in [3.8, 4) is 16.9 Å². The van der Waals surface area contributed by atoms with Crippen LogP contribution in [0.3, 0.4) is 0 Å². The number of aromatic nitrogens is 1. The van der Waals surface area contributed by atoms with E-state index in [-0.39, 0.29) is 18.4 Å². The van der Waals surface area contributed by atoms with Crippen LogP contribution in [0.2, 0.25) is 0 Å². The molecule has 0 saturated carbocycles. The fourth-order valence-corrected chi connectivity index (χ4v) is 5.58. The van der Waals surface area contributed by atoms with Crippen LogP contribution in [-0.4, -0.2) is 35.7 Å². The molecule has 0 bridgehead atoms. The molecule has 1 aromatic heterocycles. The number of hydrogen-bond donors (Lipinski definition) is 3. The third-order valence-electron chi connectivity index (χ3n) is 8.05. The van der Waals surface area contributed by atoms with Crippen molar-refractivity contribution >= 4 is 34.1 Å². The van der Waals surface area contributed by atoms with Crippen LogP contribution in [0.5, 0.6) is 5.75 Å². The standard InChI is InChI=1S/C36H40N4O3/c1-4-28(41)16-9-6-10-17-33(39-35(42)22-30-24(2)38-32-19-18-29(43-3)21-31(30)32)36-37-23-34(40-36)27-15-11-14-26(20-27)25-12-7-5-8-13-25/h5,7-8,11-15,18-21,23,33,38,40H,4,6,9-10,16-17,22H2,1-3H3,(H,39,42)/q+1/t33-/m0/s1. The normalized spacial score (nSPS) is 13.3. The van der Waals surface area contributed by atoms with Gasteiger partial charge in [-0.05, 0) is 65.7 Å². The first-order valence-electron chi connectivity index (χ1n) is 15.1. The average molecular weight is 577 g/mol. The highest BCUT2D eigenvalue weighted by atomic mass is 16.5. The second-order valence-electron chi connectivity index (χ2n) is 11.1. The van der Waals surface area contributed by atoms with Crippen molar-refractivity contribution in [3.63, 3.8) is 0 Å². The predicted molar refractivity (Wildman–Crippen MR) is 174 cm³/mol. The summed E-state index contributed by atoms with van der Waals surface area (Å²) >= 11 is 0. The number of rotatable bonds is 14. The van der Waals surface area contributed by atoms with Gasteiger partial charge < -0.3 is 15.0 Å². The second kappa shape index (κ2) is 14.0. The molecule has 0 aliphatic carbocycles. The number of carbonyl (C=O) groups excluding carboxylic acids is 2. The van der Waals surface area contributed by atoms with Gasteiger partial charge in [-0.25, -0.2) is 5.32 Å². The number of ether oxygens (including phenoxy) is 1. The first-order chi connectivity index (χ1) is 20.9. The number of methoxy groups -OCH3 is 1. The van der Waals surface area contributed by atoms with E-state index in [1.165, 1.54) is 0 Å². The Kier molecular flexibility index (Phi) is 9.72. The van der Waals surface area contributed by atoms with Gasteiger partial charge in [-0.15, -0.1) is 0 Å². The lowest BCUT2D eigenvalue weighted by Crippen LogP contribution is -2.47. The zero-order chi connectivity index (χ0) is 30.2. The number of amides is 1. The van der Waals surface area contributed by atoms with Gasteiger partial charge in [0.2, 0.25) is 5.91 Å². The highest BCUT2D eigenvalue weighted by molar-refractivity contribution is 6.00. The topological polar surface area (TPSA) is 97.3 Å². The van der Waals surface area contributed by atoms with E-state index in [0.717, 1.165) is 81.8 Å². The maximum absolute atomic E-state index is 13.5. The molecule has 2 heterocycles. The van der Waals surface area contributed by atoms with Crippen LogP contribution in [0.15, 0.2) is 79.0 Å². The summed E-state index contributed by atoms with van der Waals surface area (Å²) in [7, 11) is 1.64. The van der Waals surface area contributed by atoms with Crippen molar-refractivity contribution in [1.82, 2.24) is 20.6 Å². The summed E-state index contributed by atoms with van der Waals surface area (Å²) in [6, 6.07) is 24.2. The van der Waals surface area contributed by atoms with Gasteiger partial charge in [-0.2, -0.15) is 0 Å². The van der Waals surface area contributed by atoms with E-state index < -0.39 is 0 Å². The van der Waals surface area contributed by atoms with Gasteiger partial charge in [-0.3, -0.25) is 9.59 Å². The number of nitrogens with zero attached hydrogens (tertiary/aromatic N) is 1. The molecule has 1 radical (unpaired) electrons. The smallest absolute Gasteiger partial charge is 0.319 e. The van der Waals surface area contributed by atoms with Crippen LogP contribution in [-0.2, 0) is 16.0 Å². The van der Waals surface area contributed by atoms with E-state index in [0.29, 0.717) is 18.6 Å². The number of amidine groups is 1. The Morgan fingerprint density at radius 3 is 2.51 bits per heavy atom. The van der Waals surface area contributed by atoms with Gasteiger partial charge >= 0.3 is 5.84 Å². The van der Waals surface area contributed by atoms with Crippen LogP contribution in [0.1, 0.15) is 62.3 Å². The molecule has 0 unspecified atom stereocenters. The van der Waals surface area contributed by atoms with E-state index >= 15 is 0 Å². The number of H-pyrrole nitrogens is 1. The zero-order valence-corrected chi connectivity index (χ0v) is 25.2. The van der Waals surface area contributed by atoms with E-state index in [4.69, 9.17) is 9.73 Å². The first-order valence-corrected chi connectivity index (χ1v) is 15.1.